The molecular formula is C16H26N2O. The smallest absolute Gasteiger partial charge is 0.178 e. The summed E-state index contributed by atoms with van der Waals surface area (Å²) in [7, 11) is 0. The number of piperidine rings is 1. The highest BCUT2D eigenvalue weighted by Crippen LogP contribution is 2.22. The van der Waals surface area contributed by atoms with Gasteiger partial charge in [-0.1, -0.05) is 19.8 Å². The van der Waals surface area contributed by atoms with Crippen LogP contribution in [0.25, 0.3) is 0 Å². The molecule has 0 bridgehead atoms. The van der Waals surface area contributed by atoms with Crippen LogP contribution in [0.3, 0.4) is 0 Å². The quantitative estimate of drug-likeness (QED) is 0.826. The zero-order valence-corrected chi connectivity index (χ0v) is 12.5. The predicted molar refractivity (Wildman–Crippen MR) is 78.7 cm³/mol. The summed E-state index contributed by atoms with van der Waals surface area (Å²) < 4.78 is 0. The van der Waals surface area contributed by atoms with Crippen molar-refractivity contribution in [3.05, 3.63) is 23.0 Å². The van der Waals surface area contributed by atoms with Crippen LogP contribution in [-0.4, -0.2) is 35.3 Å². The molecule has 0 atom stereocenters. The fourth-order valence-electron chi connectivity index (χ4n) is 3.14. The first-order valence-electron chi connectivity index (χ1n) is 7.52. The zero-order valence-electron chi connectivity index (χ0n) is 12.5. The lowest BCUT2D eigenvalue weighted by atomic mass is 9.92. The molecule has 106 valence electrons. The molecular weight excluding hydrogens is 236 g/mol. The molecule has 1 fully saturated rings. The normalized spacial score (nSPS) is 17.8. The second-order valence-corrected chi connectivity index (χ2v) is 5.92. The molecule has 2 heterocycles. The summed E-state index contributed by atoms with van der Waals surface area (Å²) in [5.74, 6) is 1.14. The summed E-state index contributed by atoms with van der Waals surface area (Å²) in [5, 5.41) is 0. The van der Waals surface area contributed by atoms with Gasteiger partial charge in [-0.15, -0.1) is 0 Å². The van der Waals surface area contributed by atoms with Crippen molar-refractivity contribution in [3.8, 4) is 0 Å². The number of rotatable bonds is 5. The lowest BCUT2D eigenvalue weighted by Gasteiger charge is -2.31. The highest BCUT2D eigenvalue weighted by Gasteiger charge is 2.21. The minimum atomic E-state index is 0.260. The van der Waals surface area contributed by atoms with Crippen molar-refractivity contribution in [2.24, 2.45) is 5.92 Å². The third-order valence-corrected chi connectivity index (χ3v) is 4.22. The maximum Gasteiger partial charge on any atom is 0.178 e. The molecule has 1 saturated heterocycles. The van der Waals surface area contributed by atoms with Gasteiger partial charge in [0.1, 0.15) is 0 Å². The van der Waals surface area contributed by atoms with Gasteiger partial charge in [0.05, 0.1) is 6.54 Å². The van der Waals surface area contributed by atoms with E-state index in [0.29, 0.717) is 6.54 Å². The highest BCUT2D eigenvalue weighted by atomic mass is 16.1. The summed E-state index contributed by atoms with van der Waals surface area (Å²) in [6.07, 6.45) is 5.14. The Kier molecular flexibility index (Phi) is 4.81. The number of nitrogens with zero attached hydrogens (tertiary/aromatic N) is 1. The number of ketones is 1. The first-order valence-corrected chi connectivity index (χ1v) is 7.52. The Morgan fingerprint density at radius 2 is 2.05 bits per heavy atom. The van der Waals surface area contributed by atoms with Crippen molar-refractivity contribution in [1.29, 1.82) is 0 Å². The molecule has 1 aromatic heterocycles. The van der Waals surface area contributed by atoms with Crippen LogP contribution in [0.4, 0.5) is 0 Å². The number of nitrogens with one attached hydrogen (secondary N) is 1. The van der Waals surface area contributed by atoms with Crippen LogP contribution < -0.4 is 0 Å². The van der Waals surface area contributed by atoms with Crippen molar-refractivity contribution in [3.63, 3.8) is 0 Å². The second-order valence-electron chi connectivity index (χ2n) is 5.92. The van der Waals surface area contributed by atoms with Gasteiger partial charge in [-0.05, 0) is 51.8 Å². The van der Waals surface area contributed by atoms with Gasteiger partial charge in [0.2, 0.25) is 0 Å². The molecule has 2 rings (SSSR count). The summed E-state index contributed by atoms with van der Waals surface area (Å²) >= 11 is 0. The fraction of sp³-hybridized carbons (Fsp3) is 0.688. The first kappa shape index (κ1) is 14.3. The van der Waals surface area contributed by atoms with Crippen molar-refractivity contribution in [2.45, 2.75) is 46.5 Å². The number of aromatic nitrogens is 1. The van der Waals surface area contributed by atoms with E-state index in [1.54, 1.807) is 0 Å². The van der Waals surface area contributed by atoms with E-state index in [2.05, 4.69) is 16.8 Å². The molecule has 3 heteroatoms. The van der Waals surface area contributed by atoms with Crippen LogP contribution in [0.2, 0.25) is 0 Å². The molecule has 0 radical (unpaired) electrons. The van der Waals surface area contributed by atoms with Crippen LogP contribution in [0.5, 0.6) is 0 Å². The number of carbonyl (C=O) groups excluding carboxylic acids is 1. The lowest BCUT2D eigenvalue weighted by Crippen LogP contribution is -2.37. The second kappa shape index (κ2) is 6.38. The molecule has 0 aliphatic carbocycles. The molecule has 3 nitrogen and oxygen atoms in total. The topological polar surface area (TPSA) is 36.1 Å². The Bertz CT molecular complexity index is 428. The van der Waals surface area contributed by atoms with Gasteiger partial charge in [-0.3, -0.25) is 9.69 Å². The van der Waals surface area contributed by atoms with Gasteiger partial charge < -0.3 is 4.98 Å². The van der Waals surface area contributed by atoms with Crippen molar-refractivity contribution in [2.75, 3.05) is 19.6 Å². The third kappa shape index (κ3) is 3.69. The molecule has 1 aliphatic rings. The Labute approximate surface area is 116 Å². The van der Waals surface area contributed by atoms with Gasteiger partial charge in [0, 0.05) is 17.0 Å². The van der Waals surface area contributed by atoms with E-state index >= 15 is 0 Å². The molecule has 0 spiro atoms. The summed E-state index contributed by atoms with van der Waals surface area (Å²) in [5.41, 5.74) is 2.94. The van der Waals surface area contributed by atoms with Gasteiger partial charge >= 0.3 is 0 Å². The summed E-state index contributed by atoms with van der Waals surface area (Å²) in [6, 6.07) is 1.97. The number of carbonyl (C=O) groups is 1. The van der Waals surface area contributed by atoms with E-state index < -0.39 is 0 Å². The average Bonchev–Trinajstić information content (AvgIpc) is 2.71. The van der Waals surface area contributed by atoms with Crippen LogP contribution in [0.15, 0.2) is 6.07 Å². The van der Waals surface area contributed by atoms with Crippen molar-refractivity contribution in [1.82, 2.24) is 9.88 Å². The minimum absolute atomic E-state index is 0.260. The van der Waals surface area contributed by atoms with Crippen LogP contribution in [-0.2, 0) is 0 Å². The highest BCUT2D eigenvalue weighted by molar-refractivity contribution is 5.98. The monoisotopic (exact) mass is 262 g/mol. The summed E-state index contributed by atoms with van der Waals surface area (Å²) in [4.78, 5) is 17.8. The van der Waals surface area contributed by atoms with Crippen LogP contribution >= 0.6 is 0 Å². The largest absolute Gasteiger partial charge is 0.362 e. The van der Waals surface area contributed by atoms with Gasteiger partial charge in [0.15, 0.2) is 5.78 Å². The molecule has 19 heavy (non-hydrogen) atoms. The Morgan fingerprint density at radius 1 is 1.37 bits per heavy atom. The van der Waals surface area contributed by atoms with E-state index in [1.807, 2.05) is 19.9 Å². The maximum absolute atomic E-state index is 12.3. The molecule has 0 unspecified atom stereocenters. The maximum atomic E-state index is 12.3. The lowest BCUT2D eigenvalue weighted by molar-refractivity contribution is 0.0892. The molecule has 1 N–H and O–H groups in total. The van der Waals surface area contributed by atoms with Crippen LogP contribution in [0, 0.1) is 19.8 Å². The molecule has 0 aromatic carbocycles. The van der Waals surface area contributed by atoms with Gasteiger partial charge in [-0.2, -0.15) is 0 Å². The molecule has 0 amide bonds. The van der Waals surface area contributed by atoms with E-state index in [4.69, 9.17) is 0 Å². The SMILES string of the molecule is CCCC1CCN(CC(=O)c2cc(C)[nH]c2C)CC1. The van der Waals surface area contributed by atoms with Gasteiger partial charge in [0.25, 0.3) is 0 Å². The first-order chi connectivity index (χ1) is 9.10. The number of likely N-dealkylation sites (tertiary alicyclic amines) is 1. The molecule has 0 saturated carbocycles. The average molecular weight is 262 g/mol. The number of hydrogen-bond donors (Lipinski definition) is 1. The number of Topliss-reactive ketones (excluding diaryl/α,β-unsaturated/α-hetero) is 1. The van der Waals surface area contributed by atoms with Crippen molar-refractivity contribution >= 4 is 5.78 Å². The Morgan fingerprint density at radius 3 is 2.58 bits per heavy atom. The van der Waals surface area contributed by atoms with Gasteiger partial charge in [-0.25, -0.2) is 0 Å². The van der Waals surface area contributed by atoms with E-state index in [1.165, 1.54) is 25.7 Å². The van der Waals surface area contributed by atoms with Crippen molar-refractivity contribution < 1.29 is 4.79 Å². The van der Waals surface area contributed by atoms with E-state index in [0.717, 1.165) is 36.0 Å². The number of H-pyrrole nitrogens is 1. The number of aromatic amines is 1. The van der Waals surface area contributed by atoms with E-state index in [-0.39, 0.29) is 5.78 Å². The number of hydrogen-bond acceptors (Lipinski definition) is 2. The zero-order chi connectivity index (χ0) is 13.8. The standard InChI is InChI=1S/C16H26N2O/c1-4-5-14-6-8-18(9-7-14)11-16(19)15-10-12(2)17-13(15)3/h10,14,17H,4-9,11H2,1-3H3. The Balaban J connectivity index is 1.85. The van der Waals surface area contributed by atoms with Crippen LogP contribution in [0.1, 0.15) is 54.4 Å². The summed E-state index contributed by atoms with van der Waals surface area (Å²) in [6.45, 7) is 8.98. The molecule has 1 aliphatic heterocycles. The minimum Gasteiger partial charge on any atom is -0.362 e. The van der Waals surface area contributed by atoms with E-state index in [9.17, 15) is 4.79 Å². The predicted octanol–water partition coefficient (Wildman–Crippen LogP) is 3.33. The number of aryl methyl sites for hydroxylation is 2. The Hall–Kier alpha value is -1.09. The third-order valence-electron chi connectivity index (χ3n) is 4.22. The molecule has 1 aromatic rings. The fourth-order valence-corrected chi connectivity index (χ4v) is 3.14.